The van der Waals surface area contributed by atoms with Crippen LogP contribution in [0.3, 0.4) is 0 Å². The lowest BCUT2D eigenvalue weighted by Gasteiger charge is -2.11. The Morgan fingerprint density at radius 1 is 1.57 bits per heavy atom. The Labute approximate surface area is 90.3 Å². The van der Waals surface area contributed by atoms with Gasteiger partial charge in [-0.15, -0.1) is 11.3 Å². The molecule has 1 atom stereocenters. The Kier molecular flexibility index (Phi) is 5.83. The molecule has 0 aliphatic heterocycles. The number of thiophene rings is 1. The predicted molar refractivity (Wildman–Crippen MR) is 61.8 cm³/mol. The molecule has 0 fully saturated rings. The van der Waals surface area contributed by atoms with Crippen molar-refractivity contribution in [3.63, 3.8) is 0 Å². The van der Waals surface area contributed by atoms with Crippen LogP contribution in [0.15, 0.2) is 17.5 Å². The molecule has 1 rings (SSSR count). The molecule has 80 valence electrons. The Morgan fingerprint density at radius 2 is 2.43 bits per heavy atom. The lowest BCUT2D eigenvalue weighted by Crippen LogP contribution is -2.20. The average molecular weight is 213 g/mol. The molecule has 0 aliphatic carbocycles. The molecule has 0 saturated heterocycles. The second-order valence-corrected chi connectivity index (χ2v) is 4.22. The zero-order valence-electron chi connectivity index (χ0n) is 8.95. The molecule has 0 bridgehead atoms. The van der Waals surface area contributed by atoms with E-state index in [0.29, 0.717) is 6.04 Å². The van der Waals surface area contributed by atoms with Gasteiger partial charge in [0.25, 0.3) is 0 Å². The van der Waals surface area contributed by atoms with E-state index >= 15 is 0 Å². The Morgan fingerprint density at radius 3 is 3.07 bits per heavy atom. The van der Waals surface area contributed by atoms with E-state index in [2.05, 4.69) is 29.8 Å². The minimum absolute atomic E-state index is 0.469. The van der Waals surface area contributed by atoms with Crippen LogP contribution in [0, 0.1) is 0 Å². The van der Waals surface area contributed by atoms with Crippen molar-refractivity contribution in [1.82, 2.24) is 5.32 Å². The van der Waals surface area contributed by atoms with Crippen LogP contribution in [0.1, 0.15) is 31.2 Å². The van der Waals surface area contributed by atoms with E-state index in [4.69, 9.17) is 4.74 Å². The summed E-state index contributed by atoms with van der Waals surface area (Å²) in [5.41, 5.74) is 0. The summed E-state index contributed by atoms with van der Waals surface area (Å²) in [6, 6.07) is 4.74. The Hall–Kier alpha value is -0.380. The predicted octanol–water partition coefficient (Wildman–Crippen LogP) is 2.83. The lowest BCUT2D eigenvalue weighted by atomic mass is 10.2. The SMILES string of the molecule is CCOCCCN[C@@H](C)c1cccs1. The summed E-state index contributed by atoms with van der Waals surface area (Å²) in [6.07, 6.45) is 1.09. The van der Waals surface area contributed by atoms with E-state index in [1.165, 1.54) is 4.88 Å². The van der Waals surface area contributed by atoms with Gasteiger partial charge in [0.15, 0.2) is 0 Å². The van der Waals surface area contributed by atoms with E-state index in [0.717, 1.165) is 26.2 Å². The van der Waals surface area contributed by atoms with Gasteiger partial charge in [0.1, 0.15) is 0 Å². The van der Waals surface area contributed by atoms with Crippen molar-refractivity contribution >= 4 is 11.3 Å². The molecule has 1 N–H and O–H groups in total. The molecule has 14 heavy (non-hydrogen) atoms. The maximum atomic E-state index is 5.27. The summed E-state index contributed by atoms with van der Waals surface area (Å²) in [7, 11) is 0. The molecule has 0 amide bonds. The standard InChI is InChI=1S/C11H19NOS/c1-3-13-8-5-7-12-10(2)11-6-4-9-14-11/h4,6,9-10,12H,3,5,7-8H2,1-2H3/t10-/m0/s1. The molecule has 1 heterocycles. The third-order valence-corrected chi connectivity index (χ3v) is 3.15. The zero-order valence-corrected chi connectivity index (χ0v) is 9.77. The van der Waals surface area contributed by atoms with Crippen molar-refractivity contribution in [2.75, 3.05) is 19.8 Å². The topological polar surface area (TPSA) is 21.3 Å². The summed E-state index contributed by atoms with van der Waals surface area (Å²) in [5.74, 6) is 0. The van der Waals surface area contributed by atoms with Gasteiger partial charge in [-0.1, -0.05) is 6.07 Å². The molecule has 0 spiro atoms. The second kappa shape index (κ2) is 6.98. The van der Waals surface area contributed by atoms with E-state index in [-0.39, 0.29) is 0 Å². The van der Waals surface area contributed by atoms with Crippen molar-refractivity contribution in [3.05, 3.63) is 22.4 Å². The summed E-state index contributed by atoms with van der Waals surface area (Å²) in [4.78, 5) is 1.40. The average Bonchev–Trinajstić information content (AvgIpc) is 2.70. The monoisotopic (exact) mass is 213 g/mol. The van der Waals surface area contributed by atoms with Gasteiger partial charge in [0.2, 0.25) is 0 Å². The van der Waals surface area contributed by atoms with Crippen LogP contribution in [0.2, 0.25) is 0 Å². The molecule has 1 aromatic heterocycles. The van der Waals surface area contributed by atoms with Gasteiger partial charge >= 0.3 is 0 Å². The highest BCUT2D eigenvalue weighted by Gasteiger charge is 2.03. The normalized spacial score (nSPS) is 13.0. The maximum Gasteiger partial charge on any atom is 0.0477 e. The van der Waals surface area contributed by atoms with Crippen molar-refractivity contribution in [2.24, 2.45) is 0 Å². The molecule has 2 nitrogen and oxygen atoms in total. The fraction of sp³-hybridized carbons (Fsp3) is 0.636. The molecule has 0 aromatic carbocycles. The van der Waals surface area contributed by atoms with Crippen LogP contribution < -0.4 is 5.32 Å². The van der Waals surface area contributed by atoms with Crippen LogP contribution in [-0.2, 0) is 4.74 Å². The fourth-order valence-electron chi connectivity index (χ4n) is 1.28. The van der Waals surface area contributed by atoms with Crippen molar-refractivity contribution in [3.8, 4) is 0 Å². The smallest absolute Gasteiger partial charge is 0.0477 e. The first-order valence-corrected chi connectivity index (χ1v) is 6.07. The third-order valence-electron chi connectivity index (χ3n) is 2.09. The Bertz CT molecular complexity index is 223. The number of rotatable bonds is 7. The zero-order chi connectivity index (χ0) is 10.2. The van der Waals surface area contributed by atoms with Gasteiger partial charge in [-0.3, -0.25) is 0 Å². The highest BCUT2D eigenvalue weighted by Crippen LogP contribution is 2.17. The van der Waals surface area contributed by atoms with E-state index in [9.17, 15) is 0 Å². The Balaban J connectivity index is 2.07. The second-order valence-electron chi connectivity index (χ2n) is 3.24. The van der Waals surface area contributed by atoms with Crippen molar-refractivity contribution < 1.29 is 4.74 Å². The van der Waals surface area contributed by atoms with E-state index in [1.807, 2.05) is 6.92 Å². The maximum absolute atomic E-state index is 5.27. The van der Waals surface area contributed by atoms with Gasteiger partial charge in [0, 0.05) is 24.1 Å². The first kappa shape index (κ1) is 11.7. The minimum atomic E-state index is 0.469. The number of nitrogens with one attached hydrogen (secondary N) is 1. The van der Waals surface area contributed by atoms with Crippen LogP contribution in [0.4, 0.5) is 0 Å². The molecule has 1 aromatic rings. The molecule has 0 aliphatic rings. The van der Waals surface area contributed by atoms with Gasteiger partial charge < -0.3 is 10.1 Å². The van der Waals surface area contributed by atoms with Crippen LogP contribution in [0.25, 0.3) is 0 Å². The number of hydrogen-bond donors (Lipinski definition) is 1. The lowest BCUT2D eigenvalue weighted by molar-refractivity contribution is 0.144. The molecular formula is C11H19NOS. The van der Waals surface area contributed by atoms with Gasteiger partial charge in [0.05, 0.1) is 0 Å². The molecule has 0 saturated carbocycles. The van der Waals surface area contributed by atoms with Crippen LogP contribution in [-0.4, -0.2) is 19.8 Å². The summed E-state index contributed by atoms with van der Waals surface area (Å²) in [5, 5.41) is 5.59. The highest BCUT2D eigenvalue weighted by atomic mass is 32.1. The van der Waals surface area contributed by atoms with Crippen LogP contribution >= 0.6 is 11.3 Å². The third kappa shape index (κ3) is 4.22. The summed E-state index contributed by atoms with van der Waals surface area (Å²) >= 11 is 1.81. The molecule has 0 unspecified atom stereocenters. The quantitative estimate of drug-likeness (QED) is 0.703. The minimum Gasteiger partial charge on any atom is -0.382 e. The summed E-state index contributed by atoms with van der Waals surface area (Å²) < 4.78 is 5.27. The molecule has 3 heteroatoms. The van der Waals surface area contributed by atoms with Gasteiger partial charge in [-0.05, 0) is 38.3 Å². The molecule has 0 radical (unpaired) electrons. The van der Waals surface area contributed by atoms with Crippen LogP contribution in [0.5, 0.6) is 0 Å². The first-order valence-electron chi connectivity index (χ1n) is 5.19. The first-order chi connectivity index (χ1) is 6.84. The largest absolute Gasteiger partial charge is 0.382 e. The molecular weight excluding hydrogens is 194 g/mol. The van der Waals surface area contributed by atoms with E-state index < -0.39 is 0 Å². The summed E-state index contributed by atoms with van der Waals surface area (Å²) in [6.45, 7) is 6.94. The van der Waals surface area contributed by atoms with Gasteiger partial charge in [-0.2, -0.15) is 0 Å². The van der Waals surface area contributed by atoms with Crippen molar-refractivity contribution in [2.45, 2.75) is 26.3 Å². The van der Waals surface area contributed by atoms with E-state index in [1.54, 1.807) is 11.3 Å². The van der Waals surface area contributed by atoms with Crippen molar-refractivity contribution in [1.29, 1.82) is 0 Å². The fourth-order valence-corrected chi connectivity index (χ4v) is 2.03. The number of hydrogen-bond acceptors (Lipinski definition) is 3. The number of ether oxygens (including phenoxy) is 1. The highest BCUT2D eigenvalue weighted by molar-refractivity contribution is 7.10. The van der Waals surface area contributed by atoms with Gasteiger partial charge in [-0.25, -0.2) is 0 Å².